The highest BCUT2D eigenvalue weighted by molar-refractivity contribution is 9.10. The fourth-order valence-corrected chi connectivity index (χ4v) is 3.38. The zero-order valence-corrected chi connectivity index (χ0v) is 11.2. The molecular formula is C14H15BrN2. The molecule has 0 heterocycles. The van der Waals surface area contributed by atoms with E-state index in [2.05, 4.69) is 27.3 Å². The minimum Gasteiger partial charge on any atom is -0.381 e. The summed E-state index contributed by atoms with van der Waals surface area (Å²) in [6.45, 7) is 0. The number of hydrogen-bond acceptors (Lipinski definition) is 2. The molecule has 17 heavy (non-hydrogen) atoms. The van der Waals surface area contributed by atoms with Crippen molar-refractivity contribution in [2.45, 2.75) is 31.7 Å². The molecule has 2 nitrogen and oxygen atoms in total. The third kappa shape index (κ3) is 2.19. The number of nitrogens with zero attached hydrogens (tertiary/aromatic N) is 1. The molecule has 1 aromatic carbocycles. The van der Waals surface area contributed by atoms with Crippen LogP contribution in [0.1, 0.15) is 31.2 Å². The SMILES string of the molecule is N#Cc1ccc(Br)cc1NC1CCCC2CC21. The number of nitriles is 1. The molecule has 0 bridgehead atoms. The smallest absolute Gasteiger partial charge is 0.101 e. The van der Waals surface area contributed by atoms with E-state index in [0.29, 0.717) is 6.04 Å². The molecule has 0 spiro atoms. The molecule has 0 aliphatic heterocycles. The van der Waals surface area contributed by atoms with Crippen molar-refractivity contribution in [3.05, 3.63) is 28.2 Å². The van der Waals surface area contributed by atoms with Crippen LogP contribution in [0, 0.1) is 23.2 Å². The van der Waals surface area contributed by atoms with Crippen LogP contribution < -0.4 is 5.32 Å². The van der Waals surface area contributed by atoms with E-state index in [1.165, 1.54) is 25.7 Å². The first-order valence-electron chi connectivity index (χ1n) is 6.24. The predicted molar refractivity (Wildman–Crippen MR) is 71.7 cm³/mol. The zero-order chi connectivity index (χ0) is 11.8. The maximum Gasteiger partial charge on any atom is 0.101 e. The fraction of sp³-hybridized carbons (Fsp3) is 0.500. The van der Waals surface area contributed by atoms with Gasteiger partial charge in [0.25, 0.3) is 0 Å². The van der Waals surface area contributed by atoms with E-state index in [0.717, 1.165) is 27.6 Å². The first-order chi connectivity index (χ1) is 8.28. The van der Waals surface area contributed by atoms with Crippen molar-refractivity contribution < 1.29 is 0 Å². The monoisotopic (exact) mass is 290 g/mol. The summed E-state index contributed by atoms with van der Waals surface area (Å²) in [7, 11) is 0. The number of rotatable bonds is 2. The van der Waals surface area contributed by atoms with Crippen LogP contribution in [0.3, 0.4) is 0 Å². The summed E-state index contributed by atoms with van der Waals surface area (Å²) in [6.07, 6.45) is 5.37. The Kier molecular flexibility index (Phi) is 2.84. The Balaban J connectivity index is 1.80. The van der Waals surface area contributed by atoms with Crippen LogP contribution in [0.2, 0.25) is 0 Å². The van der Waals surface area contributed by atoms with E-state index in [1.54, 1.807) is 0 Å². The highest BCUT2D eigenvalue weighted by Gasteiger charge is 2.45. The number of anilines is 1. The quantitative estimate of drug-likeness (QED) is 0.896. The molecule has 2 saturated carbocycles. The number of nitrogens with one attached hydrogen (secondary N) is 1. The first-order valence-corrected chi connectivity index (χ1v) is 7.03. The molecule has 1 N–H and O–H groups in total. The molecular weight excluding hydrogens is 276 g/mol. The lowest BCUT2D eigenvalue weighted by Gasteiger charge is -2.24. The summed E-state index contributed by atoms with van der Waals surface area (Å²) in [5, 5.41) is 12.7. The molecule has 2 aliphatic carbocycles. The average molecular weight is 291 g/mol. The van der Waals surface area contributed by atoms with Crippen molar-refractivity contribution in [1.82, 2.24) is 0 Å². The second-order valence-corrected chi connectivity index (χ2v) is 6.06. The Morgan fingerprint density at radius 1 is 1.35 bits per heavy atom. The van der Waals surface area contributed by atoms with Crippen molar-refractivity contribution in [2.75, 3.05) is 5.32 Å². The van der Waals surface area contributed by atoms with Crippen molar-refractivity contribution in [1.29, 1.82) is 5.26 Å². The van der Waals surface area contributed by atoms with Gasteiger partial charge in [-0.2, -0.15) is 5.26 Å². The highest BCUT2D eigenvalue weighted by atomic mass is 79.9. The molecule has 0 amide bonds. The minimum absolute atomic E-state index is 0.579. The molecule has 3 atom stereocenters. The Morgan fingerprint density at radius 2 is 2.24 bits per heavy atom. The van der Waals surface area contributed by atoms with Crippen LogP contribution in [0.5, 0.6) is 0 Å². The van der Waals surface area contributed by atoms with Crippen molar-refractivity contribution in [3.8, 4) is 6.07 Å². The van der Waals surface area contributed by atoms with Gasteiger partial charge in [0.05, 0.1) is 11.3 Å². The van der Waals surface area contributed by atoms with E-state index in [9.17, 15) is 0 Å². The third-order valence-electron chi connectivity index (χ3n) is 4.03. The Bertz CT molecular complexity index is 478. The van der Waals surface area contributed by atoms with Gasteiger partial charge in [0.1, 0.15) is 6.07 Å². The molecule has 3 unspecified atom stereocenters. The summed E-state index contributed by atoms with van der Waals surface area (Å²) >= 11 is 3.47. The van der Waals surface area contributed by atoms with E-state index in [1.807, 2.05) is 18.2 Å². The van der Waals surface area contributed by atoms with Crippen LogP contribution in [0.4, 0.5) is 5.69 Å². The van der Waals surface area contributed by atoms with Gasteiger partial charge < -0.3 is 5.32 Å². The van der Waals surface area contributed by atoms with Crippen LogP contribution >= 0.6 is 15.9 Å². The van der Waals surface area contributed by atoms with Gasteiger partial charge in [-0.15, -0.1) is 0 Å². The van der Waals surface area contributed by atoms with Gasteiger partial charge in [-0.05, 0) is 42.9 Å². The molecule has 1 aromatic rings. The second-order valence-electron chi connectivity index (χ2n) is 5.14. The van der Waals surface area contributed by atoms with E-state index >= 15 is 0 Å². The summed E-state index contributed by atoms with van der Waals surface area (Å²) in [6, 6.07) is 8.65. The third-order valence-corrected chi connectivity index (χ3v) is 4.52. The number of halogens is 1. The lowest BCUT2D eigenvalue weighted by atomic mass is 9.95. The minimum atomic E-state index is 0.579. The lowest BCUT2D eigenvalue weighted by molar-refractivity contribution is 0.440. The highest BCUT2D eigenvalue weighted by Crippen LogP contribution is 2.50. The Morgan fingerprint density at radius 3 is 3.06 bits per heavy atom. The molecule has 0 aromatic heterocycles. The van der Waals surface area contributed by atoms with Gasteiger partial charge in [-0.1, -0.05) is 28.8 Å². The van der Waals surface area contributed by atoms with Crippen LogP contribution in [0.15, 0.2) is 22.7 Å². The van der Waals surface area contributed by atoms with Crippen LogP contribution in [0.25, 0.3) is 0 Å². The maximum absolute atomic E-state index is 9.11. The van der Waals surface area contributed by atoms with Crippen LogP contribution in [-0.2, 0) is 0 Å². The van der Waals surface area contributed by atoms with Gasteiger partial charge in [0.15, 0.2) is 0 Å². The molecule has 2 fully saturated rings. The van der Waals surface area contributed by atoms with Crippen LogP contribution in [-0.4, -0.2) is 6.04 Å². The van der Waals surface area contributed by atoms with Gasteiger partial charge in [-0.25, -0.2) is 0 Å². The lowest BCUT2D eigenvalue weighted by Crippen LogP contribution is -2.25. The van der Waals surface area contributed by atoms with Crippen molar-refractivity contribution in [2.24, 2.45) is 11.8 Å². The second kappa shape index (κ2) is 4.34. The van der Waals surface area contributed by atoms with Gasteiger partial charge in [0.2, 0.25) is 0 Å². The fourth-order valence-electron chi connectivity index (χ4n) is 3.02. The molecule has 2 aliphatic rings. The number of fused-ring (bicyclic) bond motifs is 1. The Labute approximate surface area is 110 Å². The normalized spacial score (nSPS) is 30.2. The Hall–Kier alpha value is -1.01. The van der Waals surface area contributed by atoms with E-state index in [-0.39, 0.29) is 0 Å². The topological polar surface area (TPSA) is 35.8 Å². The van der Waals surface area contributed by atoms with Gasteiger partial charge in [0, 0.05) is 10.5 Å². The largest absolute Gasteiger partial charge is 0.381 e. The van der Waals surface area contributed by atoms with Gasteiger partial charge in [-0.3, -0.25) is 0 Å². The summed E-state index contributed by atoms with van der Waals surface area (Å²) < 4.78 is 1.03. The molecule has 3 rings (SSSR count). The number of hydrogen-bond donors (Lipinski definition) is 1. The maximum atomic E-state index is 9.11. The van der Waals surface area contributed by atoms with E-state index < -0.39 is 0 Å². The number of benzene rings is 1. The zero-order valence-electron chi connectivity index (χ0n) is 9.62. The molecule has 0 saturated heterocycles. The molecule has 88 valence electrons. The standard InChI is InChI=1S/C14H15BrN2/c15-11-5-4-10(8-16)14(7-11)17-13-3-1-2-9-6-12(9)13/h4-5,7,9,12-13,17H,1-3,6H2. The average Bonchev–Trinajstić information content (AvgIpc) is 3.09. The van der Waals surface area contributed by atoms with Crippen molar-refractivity contribution in [3.63, 3.8) is 0 Å². The summed E-state index contributed by atoms with van der Waals surface area (Å²) in [4.78, 5) is 0. The first kappa shape index (κ1) is 11.1. The molecule has 3 heteroatoms. The molecule has 0 radical (unpaired) electrons. The van der Waals surface area contributed by atoms with Crippen molar-refractivity contribution >= 4 is 21.6 Å². The summed E-state index contributed by atoms with van der Waals surface area (Å²) in [5.41, 5.74) is 1.73. The summed E-state index contributed by atoms with van der Waals surface area (Å²) in [5.74, 6) is 1.81. The van der Waals surface area contributed by atoms with E-state index in [4.69, 9.17) is 5.26 Å². The predicted octanol–water partition coefficient (Wildman–Crippen LogP) is 3.92. The van der Waals surface area contributed by atoms with Gasteiger partial charge >= 0.3 is 0 Å².